The summed E-state index contributed by atoms with van der Waals surface area (Å²) < 4.78 is 0. The van der Waals surface area contributed by atoms with Gasteiger partial charge in [0.25, 0.3) is 0 Å². The SMILES string of the molecule is BrCC1CCC1.[MgH2]. The topological polar surface area (TPSA) is 0 Å². The summed E-state index contributed by atoms with van der Waals surface area (Å²) in [4.78, 5) is 0. The lowest BCUT2D eigenvalue weighted by atomic mass is 9.88. The van der Waals surface area contributed by atoms with E-state index in [0.717, 1.165) is 5.92 Å². The monoisotopic (exact) mass is 174 g/mol. The fourth-order valence-corrected chi connectivity index (χ4v) is 1.29. The standard InChI is InChI=1S/C5H9Br.Mg.2H/c6-4-5-2-1-3-5;;;/h5H,1-4H2;;;. The molecule has 1 saturated carbocycles. The van der Waals surface area contributed by atoms with Crippen LogP contribution in [0.4, 0.5) is 0 Å². The Morgan fingerprint density at radius 3 is 2.00 bits per heavy atom. The van der Waals surface area contributed by atoms with Crippen molar-refractivity contribution in [3.8, 4) is 0 Å². The molecule has 0 aliphatic heterocycles. The van der Waals surface area contributed by atoms with E-state index < -0.39 is 0 Å². The molecule has 0 N–H and O–H groups in total. The molecule has 0 aromatic rings. The Balaban J connectivity index is 0.000000360. The van der Waals surface area contributed by atoms with Crippen molar-refractivity contribution < 1.29 is 0 Å². The van der Waals surface area contributed by atoms with Crippen molar-refractivity contribution in [2.75, 3.05) is 5.33 Å². The fraction of sp³-hybridized carbons (Fsp3) is 1.00. The molecule has 0 aromatic carbocycles. The van der Waals surface area contributed by atoms with E-state index in [1.54, 1.807) is 0 Å². The molecular weight excluding hydrogens is 164 g/mol. The van der Waals surface area contributed by atoms with Crippen LogP contribution in [0.2, 0.25) is 0 Å². The second-order valence-electron chi connectivity index (χ2n) is 1.95. The first kappa shape index (κ1) is 8.25. The summed E-state index contributed by atoms with van der Waals surface area (Å²) >= 11 is 3.43. The zero-order chi connectivity index (χ0) is 4.41. The van der Waals surface area contributed by atoms with Crippen LogP contribution in [0.3, 0.4) is 0 Å². The average molecular weight is 175 g/mol. The Bertz CT molecular complexity index is 40.6. The molecule has 0 aromatic heterocycles. The molecule has 40 valence electrons. The van der Waals surface area contributed by atoms with E-state index in [1.807, 2.05) is 0 Å². The number of hydrogen-bond acceptors (Lipinski definition) is 0. The quantitative estimate of drug-likeness (QED) is 0.416. The summed E-state index contributed by atoms with van der Waals surface area (Å²) in [5, 5.41) is 1.23. The summed E-state index contributed by atoms with van der Waals surface area (Å²) in [5.74, 6) is 1.03. The second kappa shape index (κ2) is 4.16. The fourth-order valence-electron chi connectivity index (χ4n) is 0.647. The lowest BCUT2D eigenvalue weighted by Gasteiger charge is -2.21. The highest BCUT2D eigenvalue weighted by Gasteiger charge is 2.14. The van der Waals surface area contributed by atoms with Gasteiger partial charge in [-0.2, -0.15) is 0 Å². The highest BCUT2D eigenvalue weighted by atomic mass is 79.9. The number of halogens is 1. The molecule has 0 atom stereocenters. The zero-order valence-electron chi connectivity index (χ0n) is 3.78. The van der Waals surface area contributed by atoms with Gasteiger partial charge >= 0.3 is 23.1 Å². The molecule has 0 spiro atoms. The molecule has 1 fully saturated rings. The maximum absolute atomic E-state index is 3.43. The van der Waals surface area contributed by atoms with E-state index in [-0.39, 0.29) is 23.1 Å². The van der Waals surface area contributed by atoms with E-state index in [0.29, 0.717) is 0 Å². The van der Waals surface area contributed by atoms with Crippen LogP contribution in [0.1, 0.15) is 19.3 Å². The maximum Gasteiger partial charge on any atom is 0.316 e. The third kappa shape index (κ3) is 2.33. The largest absolute Gasteiger partial charge is 0.316 e. The van der Waals surface area contributed by atoms with Crippen LogP contribution in [0.5, 0.6) is 0 Å². The first-order chi connectivity index (χ1) is 2.93. The second-order valence-corrected chi connectivity index (χ2v) is 2.60. The van der Waals surface area contributed by atoms with Crippen molar-refractivity contribution >= 4 is 39.0 Å². The van der Waals surface area contributed by atoms with Gasteiger partial charge in [-0.25, -0.2) is 0 Å². The highest BCUT2D eigenvalue weighted by molar-refractivity contribution is 9.09. The molecule has 0 saturated heterocycles. The maximum atomic E-state index is 3.43. The van der Waals surface area contributed by atoms with Gasteiger partial charge < -0.3 is 0 Å². The van der Waals surface area contributed by atoms with E-state index in [9.17, 15) is 0 Å². The van der Waals surface area contributed by atoms with Gasteiger partial charge in [-0.15, -0.1) is 0 Å². The lowest BCUT2D eigenvalue weighted by molar-refractivity contribution is 0.355. The van der Waals surface area contributed by atoms with Crippen LogP contribution < -0.4 is 0 Å². The molecule has 2 heteroatoms. The minimum absolute atomic E-state index is 0. The smallest absolute Gasteiger partial charge is 0.0925 e. The molecule has 1 aliphatic carbocycles. The predicted molar refractivity (Wildman–Crippen MR) is 39.7 cm³/mol. The summed E-state index contributed by atoms with van der Waals surface area (Å²) in [6.45, 7) is 0. The Labute approximate surface area is 69.3 Å². The summed E-state index contributed by atoms with van der Waals surface area (Å²) in [7, 11) is 0. The Hall–Kier alpha value is 1.25. The van der Waals surface area contributed by atoms with Crippen molar-refractivity contribution in [1.29, 1.82) is 0 Å². The van der Waals surface area contributed by atoms with E-state index >= 15 is 0 Å². The Morgan fingerprint density at radius 1 is 1.43 bits per heavy atom. The molecule has 1 rings (SSSR count). The molecule has 7 heavy (non-hydrogen) atoms. The van der Waals surface area contributed by atoms with Crippen LogP contribution in [0.15, 0.2) is 0 Å². The van der Waals surface area contributed by atoms with Gasteiger partial charge in [0.05, 0.1) is 0 Å². The molecule has 0 unspecified atom stereocenters. The van der Waals surface area contributed by atoms with E-state index in [2.05, 4.69) is 15.9 Å². The lowest BCUT2D eigenvalue weighted by Crippen LogP contribution is -2.11. The van der Waals surface area contributed by atoms with Crippen LogP contribution in [-0.4, -0.2) is 28.4 Å². The summed E-state index contributed by atoms with van der Waals surface area (Å²) in [6, 6.07) is 0. The molecule has 0 bridgehead atoms. The number of alkyl halides is 1. The van der Waals surface area contributed by atoms with Gasteiger partial charge in [0.2, 0.25) is 0 Å². The minimum Gasteiger partial charge on any atom is -0.0925 e. The Morgan fingerprint density at radius 2 is 2.00 bits per heavy atom. The third-order valence-corrected chi connectivity index (χ3v) is 2.36. The normalized spacial score (nSPS) is 20.1. The van der Waals surface area contributed by atoms with Crippen molar-refractivity contribution in [2.24, 2.45) is 5.92 Å². The van der Waals surface area contributed by atoms with Gasteiger partial charge in [-0.3, -0.25) is 0 Å². The van der Waals surface area contributed by atoms with Gasteiger partial charge in [-0.1, -0.05) is 22.4 Å². The number of hydrogen-bond donors (Lipinski definition) is 0. The molecule has 1 aliphatic rings. The van der Waals surface area contributed by atoms with Crippen molar-refractivity contribution in [3.05, 3.63) is 0 Å². The van der Waals surface area contributed by atoms with E-state index in [1.165, 1.54) is 24.6 Å². The summed E-state index contributed by atoms with van der Waals surface area (Å²) in [6.07, 6.45) is 4.40. The van der Waals surface area contributed by atoms with Crippen molar-refractivity contribution in [2.45, 2.75) is 19.3 Å². The van der Waals surface area contributed by atoms with Crippen molar-refractivity contribution in [1.82, 2.24) is 0 Å². The van der Waals surface area contributed by atoms with E-state index in [4.69, 9.17) is 0 Å². The van der Waals surface area contributed by atoms with Crippen LogP contribution >= 0.6 is 15.9 Å². The third-order valence-electron chi connectivity index (χ3n) is 1.44. The molecule has 0 nitrogen and oxygen atoms in total. The molecule has 0 heterocycles. The van der Waals surface area contributed by atoms with Crippen LogP contribution in [-0.2, 0) is 0 Å². The highest BCUT2D eigenvalue weighted by Crippen LogP contribution is 2.27. The van der Waals surface area contributed by atoms with Gasteiger partial charge in [-0.05, 0) is 18.8 Å². The molecule has 0 amide bonds. The van der Waals surface area contributed by atoms with Crippen LogP contribution in [0.25, 0.3) is 0 Å². The molecular formula is C5H11BrMg. The van der Waals surface area contributed by atoms with Gasteiger partial charge in [0, 0.05) is 5.33 Å². The first-order valence-electron chi connectivity index (χ1n) is 2.49. The first-order valence-corrected chi connectivity index (χ1v) is 3.61. The van der Waals surface area contributed by atoms with Gasteiger partial charge in [0.15, 0.2) is 0 Å². The number of rotatable bonds is 1. The molecule has 0 radical (unpaired) electrons. The van der Waals surface area contributed by atoms with Crippen LogP contribution in [0, 0.1) is 5.92 Å². The van der Waals surface area contributed by atoms with Crippen molar-refractivity contribution in [3.63, 3.8) is 0 Å². The average Bonchev–Trinajstić information content (AvgIpc) is 1.31. The predicted octanol–water partition coefficient (Wildman–Crippen LogP) is 1.27. The minimum atomic E-state index is 0. The zero-order valence-corrected chi connectivity index (χ0v) is 5.37. The Kier molecular flexibility index (Phi) is 4.90. The summed E-state index contributed by atoms with van der Waals surface area (Å²) in [5.41, 5.74) is 0. The van der Waals surface area contributed by atoms with Gasteiger partial charge in [0.1, 0.15) is 0 Å².